The van der Waals surface area contributed by atoms with E-state index in [1.165, 1.54) is 18.5 Å². The summed E-state index contributed by atoms with van der Waals surface area (Å²) in [6, 6.07) is 7.94. The van der Waals surface area contributed by atoms with Crippen molar-refractivity contribution in [1.29, 1.82) is 0 Å². The number of sulfonamides is 1. The molecule has 5 nitrogen and oxygen atoms in total. The Kier molecular flexibility index (Phi) is 4.36. The number of thiocarbonyl (C=S) groups is 1. The molecule has 0 aliphatic heterocycles. The number of aromatic nitrogens is 1. The van der Waals surface area contributed by atoms with E-state index in [4.69, 9.17) is 18.0 Å². The number of nitrogens with one attached hydrogen (secondary N) is 1. The first-order valence-corrected chi connectivity index (χ1v) is 8.11. The average molecular weight is 372 g/mol. The van der Waals surface area contributed by atoms with E-state index < -0.39 is 10.0 Å². The van der Waals surface area contributed by atoms with Crippen LogP contribution in [0.4, 0.5) is 5.69 Å². The molecule has 0 bridgehead atoms. The molecule has 0 fully saturated rings. The van der Waals surface area contributed by atoms with E-state index in [2.05, 4.69) is 25.6 Å². The van der Waals surface area contributed by atoms with Crippen molar-refractivity contribution in [3.05, 3.63) is 52.8 Å². The molecular formula is C12H10BrN3O2S2. The highest BCUT2D eigenvalue weighted by molar-refractivity contribution is 9.10. The molecule has 0 saturated carbocycles. The zero-order valence-electron chi connectivity index (χ0n) is 10.1. The van der Waals surface area contributed by atoms with Crippen molar-refractivity contribution in [2.24, 2.45) is 5.73 Å². The lowest BCUT2D eigenvalue weighted by atomic mass is 10.2. The second-order valence-corrected chi connectivity index (χ2v) is 6.89. The number of hydrogen-bond donors (Lipinski definition) is 2. The van der Waals surface area contributed by atoms with Crippen LogP contribution in [-0.4, -0.2) is 18.4 Å². The van der Waals surface area contributed by atoms with Crippen molar-refractivity contribution < 1.29 is 8.42 Å². The Hall–Kier alpha value is -1.51. The Bertz CT molecular complexity index is 749. The number of rotatable bonds is 4. The molecule has 104 valence electrons. The van der Waals surface area contributed by atoms with Crippen LogP contribution in [0.15, 0.2) is 52.1 Å². The molecule has 3 N–H and O–H groups in total. The minimum atomic E-state index is -3.73. The first-order chi connectivity index (χ1) is 9.40. The molecule has 0 aliphatic rings. The number of halogens is 1. The summed E-state index contributed by atoms with van der Waals surface area (Å²) in [5.74, 6) is 0. The lowest BCUT2D eigenvalue weighted by Crippen LogP contribution is -2.18. The summed E-state index contributed by atoms with van der Waals surface area (Å²) in [5.41, 5.74) is 6.37. The molecule has 2 aromatic rings. The lowest BCUT2D eigenvalue weighted by Gasteiger charge is -2.12. The van der Waals surface area contributed by atoms with Crippen molar-refractivity contribution in [3.8, 4) is 0 Å². The van der Waals surface area contributed by atoms with Gasteiger partial charge >= 0.3 is 0 Å². The molecule has 8 heteroatoms. The highest BCUT2D eigenvalue weighted by Gasteiger charge is 2.17. The van der Waals surface area contributed by atoms with Gasteiger partial charge < -0.3 is 5.73 Å². The smallest absolute Gasteiger partial charge is 0.263 e. The van der Waals surface area contributed by atoms with Gasteiger partial charge in [0.1, 0.15) is 9.88 Å². The maximum absolute atomic E-state index is 12.2. The molecular weight excluding hydrogens is 362 g/mol. The second kappa shape index (κ2) is 5.86. The summed E-state index contributed by atoms with van der Waals surface area (Å²) in [6.45, 7) is 0. The Balaban J connectivity index is 2.43. The van der Waals surface area contributed by atoms with Crippen LogP contribution in [0.5, 0.6) is 0 Å². The molecule has 0 radical (unpaired) electrons. The Morgan fingerprint density at radius 1 is 1.35 bits per heavy atom. The van der Waals surface area contributed by atoms with Crippen molar-refractivity contribution in [2.75, 3.05) is 4.72 Å². The highest BCUT2D eigenvalue weighted by Crippen LogP contribution is 2.23. The van der Waals surface area contributed by atoms with Gasteiger partial charge in [0.05, 0.1) is 5.69 Å². The average Bonchev–Trinajstić information content (AvgIpc) is 2.41. The van der Waals surface area contributed by atoms with Gasteiger partial charge in [-0.15, -0.1) is 0 Å². The molecule has 20 heavy (non-hydrogen) atoms. The second-order valence-electron chi connectivity index (χ2n) is 3.85. The minimum absolute atomic E-state index is 0.0665. The normalized spacial score (nSPS) is 11.1. The van der Waals surface area contributed by atoms with E-state index in [0.29, 0.717) is 11.3 Å². The Labute approximate surface area is 130 Å². The van der Waals surface area contributed by atoms with Crippen LogP contribution >= 0.6 is 28.1 Å². The number of anilines is 1. The van der Waals surface area contributed by atoms with E-state index in [9.17, 15) is 8.42 Å². The molecule has 1 aromatic heterocycles. The van der Waals surface area contributed by atoms with Gasteiger partial charge in [0.25, 0.3) is 10.0 Å². The first-order valence-electron chi connectivity index (χ1n) is 5.42. The summed E-state index contributed by atoms with van der Waals surface area (Å²) in [5, 5.41) is 0. The lowest BCUT2D eigenvalue weighted by molar-refractivity contribution is 0.601. The van der Waals surface area contributed by atoms with Gasteiger partial charge in [0.2, 0.25) is 0 Å². The van der Waals surface area contributed by atoms with Crippen molar-refractivity contribution in [1.82, 2.24) is 4.98 Å². The van der Waals surface area contributed by atoms with Gasteiger partial charge in [-0.25, -0.2) is 8.42 Å². The van der Waals surface area contributed by atoms with Crippen LogP contribution in [-0.2, 0) is 10.0 Å². The monoisotopic (exact) mass is 371 g/mol. The first kappa shape index (κ1) is 14.9. The van der Waals surface area contributed by atoms with Crippen molar-refractivity contribution >= 4 is 48.8 Å². The number of nitrogens with zero attached hydrogens (tertiary/aromatic N) is 1. The van der Waals surface area contributed by atoms with Crippen LogP contribution in [0.1, 0.15) is 5.56 Å². The molecule has 0 aliphatic carbocycles. The Morgan fingerprint density at radius 3 is 2.70 bits per heavy atom. The van der Waals surface area contributed by atoms with E-state index in [1.54, 1.807) is 24.3 Å². The molecule has 1 aromatic carbocycles. The van der Waals surface area contributed by atoms with E-state index in [1.807, 2.05) is 0 Å². The van der Waals surface area contributed by atoms with Gasteiger partial charge in [-0.05, 0) is 30.3 Å². The summed E-state index contributed by atoms with van der Waals surface area (Å²) >= 11 is 8.21. The molecule has 0 amide bonds. The molecule has 0 saturated heterocycles. The maximum atomic E-state index is 12.2. The van der Waals surface area contributed by atoms with Gasteiger partial charge in [0.15, 0.2) is 0 Å². The van der Waals surface area contributed by atoms with Gasteiger partial charge in [-0.2, -0.15) is 0 Å². The van der Waals surface area contributed by atoms with Crippen LogP contribution in [0.25, 0.3) is 0 Å². The molecule has 2 rings (SSSR count). The topological polar surface area (TPSA) is 85.1 Å². The summed E-state index contributed by atoms with van der Waals surface area (Å²) in [7, 11) is -3.73. The number of benzene rings is 1. The fourth-order valence-electron chi connectivity index (χ4n) is 1.52. The fourth-order valence-corrected chi connectivity index (χ4v) is 3.09. The molecule has 0 spiro atoms. The SMILES string of the molecule is NC(=S)c1cc(Br)ccc1NS(=O)(=O)c1cccnc1. The third-order valence-electron chi connectivity index (χ3n) is 2.44. The fraction of sp³-hybridized carbons (Fsp3) is 0. The summed E-state index contributed by atoms with van der Waals surface area (Å²) < 4.78 is 27.6. The third-order valence-corrected chi connectivity index (χ3v) is 4.50. The number of nitrogens with two attached hydrogens (primary N) is 1. The van der Waals surface area contributed by atoms with Crippen LogP contribution in [0, 0.1) is 0 Å². The van der Waals surface area contributed by atoms with Gasteiger partial charge in [-0.1, -0.05) is 28.1 Å². The van der Waals surface area contributed by atoms with Crippen molar-refractivity contribution in [2.45, 2.75) is 4.90 Å². The quantitative estimate of drug-likeness (QED) is 0.805. The van der Waals surface area contributed by atoms with Crippen molar-refractivity contribution in [3.63, 3.8) is 0 Å². The standard InChI is InChI=1S/C12H10BrN3O2S2/c13-8-3-4-11(10(6-8)12(14)19)16-20(17,18)9-2-1-5-15-7-9/h1-7,16H,(H2,14,19). The predicted octanol–water partition coefficient (Wildman–Crippen LogP) is 2.28. The predicted molar refractivity (Wildman–Crippen MR) is 85.1 cm³/mol. The van der Waals surface area contributed by atoms with Crippen LogP contribution in [0.2, 0.25) is 0 Å². The summed E-state index contributed by atoms with van der Waals surface area (Å²) in [4.78, 5) is 3.96. The van der Waals surface area contributed by atoms with Gasteiger partial charge in [0, 0.05) is 22.4 Å². The van der Waals surface area contributed by atoms with Gasteiger partial charge in [-0.3, -0.25) is 9.71 Å². The summed E-state index contributed by atoms with van der Waals surface area (Å²) in [6.07, 6.45) is 2.76. The molecule has 0 atom stereocenters. The highest BCUT2D eigenvalue weighted by atomic mass is 79.9. The maximum Gasteiger partial charge on any atom is 0.263 e. The zero-order valence-corrected chi connectivity index (χ0v) is 13.3. The van der Waals surface area contributed by atoms with E-state index >= 15 is 0 Å². The molecule has 1 heterocycles. The Morgan fingerprint density at radius 2 is 2.10 bits per heavy atom. The third kappa shape index (κ3) is 3.33. The van der Waals surface area contributed by atoms with Crippen LogP contribution < -0.4 is 10.5 Å². The van der Waals surface area contributed by atoms with Crippen LogP contribution in [0.3, 0.4) is 0 Å². The van der Waals surface area contributed by atoms with E-state index in [-0.39, 0.29) is 9.88 Å². The number of pyridine rings is 1. The largest absolute Gasteiger partial charge is 0.389 e. The zero-order chi connectivity index (χ0) is 14.8. The number of hydrogen-bond acceptors (Lipinski definition) is 4. The molecule has 0 unspecified atom stereocenters. The minimum Gasteiger partial charge on any atom is -0.389 e. The van der Waals surface area contributed by atoms with E-state index in [0.717, 1.165) is 4.47 Å².